The van der Waals surface area contributed by atoms with Crippen LogP contribution in [-0.2, 0) is 17.6 Å². The quantitative estimate of drug-likeness (QED) is 0.900. The molecule has 0 aliphatic carbocycles. The summed E-state index contributed by atoms with van der Waals surface area (Å²) in [4.78, 5) is 10.9. The fourth-order valence-corrected chi connectivity index (χ4v) is 1.59. The first-order valence-corrected chi connectivity index (χ1v) is 5.48. The van der Waals surface area contributed by atoms with Crippen molar-refractivity contribution in [2.45, 2.75) is 32.9 Å². The van der Waals surface area contributed by atoms with Gasteiger partial charge in [0.05, 0.1) is 11.8 Å². The van der Waals surface area contributed by atoms with Crippen LogP contribution in [-0.4, -0.2) is 17.3 Å². The third kappa shape index (κ3) is 4.39. The molecule has 18 heavy (non-hydrogen) atoms. The highest BCUT2D eigenvalue weighted by molar-refractivity contribution is 5.74. The molecule has 0 aliphatic heterocycles. The lowest BCUT2D eigenvalue weighted by molar-refractivity contribution is -0.146. The zero-order chi connectivity index (χ0) is 14.0. The van der Waals surface area contributed by atoms with Crippen LogP contribution in [0.4, 0.5) is 13.2 Å². The molecule has 0 fully saturated rings. The predicted octanol–water partition coefficient (Wildman–Crippen LogP) is 3.44. The van der Waals surface area contributed by atoms with E-state index in [1.807, 2.05) is 0 Å². The minimum atomic E-state index is -4.22. The normalized spacial score (nSPS) is 12.5. The van der Waals surface area contributed by atoms with Crippen molar-refractivity contribution in [3.8, 4) is 0 Å². The van der Waals surface area contributed by atoms with Gasteiger partial charge < -0.3 is 5.11 Å². The Morgan fingerprint density at radius 1 is 1.06 bits per heavy atom. The summed E-state index contributed by atoms with van der Waals surface area (Å²) in [5.74, 6) is -0.929. The molecule has 0 amide bonds. The average molecular weight is 260 g/mol. The number of carboxylic acid groups (broad SMARTS) is 1. The van der Waals surface area contributed by atoms with E-state index in [1.165, 1.54) is 12.1 Å². The van der Waals surface area contributed by atoms with E-state index >= 15 is 0 Å². The minimum Gasteiger partial charge on any atom is -0.481 e. The second-order valence-corrected chi connectivity index (χ2v) is 4.97. The molecule has 1 aromatic carbocycles. The summed E-state index contributed by atoms with van der Waals surface area (Å²) in [5.41, 5.74) is -0.0290. The second kappa shape index (κ2) is 5.00. The van der Waals surface area contributed by atoms with E-state index < -0.39 is 24.0 Å². The number of hydrogen-bond acceptors (Lipinski definition) is 1. The lowest BCUT2D eigenvalue weighted by Crippen LogP contribution is -2.26. The van der Waals surface area contributed by atoms with Crippen LogP contribution in [0, 0.1) is 5.41 Å². The van der Waals surface area contributed by atoms with Crippen molar-refractivity contribution < 1.29 is 23.1 Å². The van der Waals surface area contributed by atoms with Crippen LogP contribution in [0.1, 0.15) is 25.0 Å². The van der Waals surface area contributed by atoms with Crippen LogP contribution < -0.4 is 0 Å². The standard InChI is InChI=1S/C13H15F3O2/c1-12(2,11(17)18)7-9-3-5-10(6-4-9)8-13(14,15)16/h3-6H,7-8H2,1-2H3,(H,17,18). The van der Waals surface area contributed by atoms with Crippen molar-refractivity contribution >= 4 is 5.97 Å². The van der Waals surface area contributed by atoms with Crippen LogP contribution in [0.3, 0.4) is 0 Å². The number of carboxylic acids is 1. The lowest BCUT2D eigenvalue weighted by atomic mass is 9.86. The molecule has 0 unspecified atom stereocenters. The van der Waals surface area contributed by atoms with E-state index in [1.54, 1.807) is 26.0 Å². The number of carbonyl (C=O) groups is 1. The Kier molecular flexibility index (Phi) is 4.04. The first kappa shape index (κ1) is 14.5. The van der Waals surface area contributed by atoms with Crippen LogP contribution in [0.2, 0.25) is 0 Å². The van der Waals surface area contributed by atoms with Crippen molar-refractivity contribution in [1.29, 1.82) is 0 Å². The summed E-state index contributed by atoms with van der Waals surface area (Å²) in [6, 6.07) is 5.87. The number of hydrogen-bond donors (Lipinski definition) is 1. The Labute approximate surface area is 103 Å². The first-order chi connectivity index (χ1) is 8.10. The van der Waals surface area contributed by atoms with Crippen LogP contribution in [0.5, 0.6) is 0 Å². The molecular formula is C13H15F3O2. The highest BCUT2D eigenvalue weighted by Gasteiger charge is 2.29. The monoisotopic (exact) mass is 260 g/mol. The van der Waals surface area contributed by atoms with Crippen LogP contribution >= 0.6 is 0 Å². The third-order valence-corrected chi connectivity index (χ3v) is 2.65. The molecule has 1 N–H and O–H groups in total. The van der Waals surface area contributed by atoms with E-state index in [9.17, 15) is 18.0 Å². The van der Waals surface area contributed by atoms with Crippen molar-refractivity contribution in [1.82, 2.24) is 0 Å². The van der Waals surface area contributed by atoms with Crippen LogP contribution in [0.15, 0.2) is 24.3 Å². The Hall–Kier alpha value is -1.52. The molecule has 0 spiro atoms. The van der Waals surface area contributed by atoms with Crippen molar-refractivity contribution in [3.63, 3.8) is 0 Å². The largest absolute Gasteiger partial charge is 0.481 e. The number of rotatable bonds is 4. The molecule has 5 heteroatoms. The maximum Gasteiger partial charge on any atom is 0.393 e. The summed E-state index contributed by atoms with van der Waals surface area (Å²) in [6.07, 6.45) is -4.90. The molecule has 1 aromatic rings. The topological polar surface area (TPSA) is 37.3 Å². The van der Waals surface area contributed by atoms with Gasteiger partial charge in [0, 0.05) is 0 Å². The summed E-state index contributed by atoms with van der Waals surface area (Å²) < 4.78 is 36.4. The number of alkyl halides is 3. The van der Waals surface area contributed by atoms with Gasteiger partial charge in [0.25, 0.3) is 0 Å². The Morgan fingerprint density at radius 2 is 1.44 bits per heavy atom. The molecule has 100 valence electrons. The van der Waals surface area contributed by atoms with E-state index in [0.717, 1.165) is 0 Å². The second-order valence-electron chi connectivity index (χ2n) is 4.97. The number of halogens is 3. The maximum absolute atomic E-state index is 12.1. The molecule has 0 bridgehead atoms. The van der Waals surface area contributed by atoms with Gasteiger partial charge in [-0.2, -0.15) is 13.2 Å². The number of aliphatic carboxylic acids is 1. The molecule has 0 aliphatic rings. The first-order valence-electron chi connectivity index (χ1n) is 5.48. The zero-order valence-electron chi connectivity index (χ0n) is 10.2. The Balaban J connectivity index is 2.75. The Morgan fingerprint density at radius 3 is 1.78 bits per heavy atom. The summed E-state index contributed by atoms with van der Waals surface area (Å²) in [6.45, 7) is 3.16. The predicted molar refractivity (Wildman–Crippen MR) is 61.3 cm³/mol. The van der Waals surface area contributed by atoms with Gasteiger partial charge >= 0.3 is 12.1 Å². The highest BCUT2D eigenvalue weighted by Crippen LogP contribution is 2.24. The van der Waals surface area contributed by atoms with Gasteiger partial charge in [-0.3, -0.25) is 4.79 Å². The Bertz CT molecular complexity index is 419. The van der Waals surface area contributed by atoms with E-state index in [0.29, 0.717) is 5.56 Å². The molecule has 2 nitrogen and oxygen atoms in total. The van der Waals surface area contributed by atoms with Gasteiger partial charge in [-0.1, -0.05) is 24.3 Å². The lowest BCUT2D eigenvalue weighted by Gasteiger charge is -2.19. The molecule has 0 radical (unpaired) electrons. The van der Waals surface area contributed by atoms with Gasteiger partial charge in [0.1, 0.15) is 0 Å². The van der Waals surface area contributed by atoms with E-state index in [4.69, 9.17) is 5.11 Å². The number of benzene rings is 1. The molecule has 0 atom stereocenters. The van der Waals surface area contributed by atoms with Gasteiger partial charge in [-0.15, -0.1) is 0 Å². The SMILES string of the molecule is CC(C)(Cc1ccc(CC(F)(F)F)cc1)C(=O)O. The van der Waals surface area contributed by atoms with E-state index in [-0.39, 0.29) is 12.0 Å². The molecular weight excluding hydrogens is 245 g/mol. The average Bonchev–Trinajstić information content (AvgIpc) is 2.18. The summed E-state index contributed by atoms with van der Waals surface area (Å²) >= 11 is 0. The smallest absolute Gasteiger partial charge is 0.393 e. The van der Waals surface area contributed by atoms with Crippen molar-refractivity contribution in [2.75, 3.05) is 0 Å². The molecule has 0 saturated carbocycles. The van der Waals surface area contributed by atoms with Gasteiger partial charge in [-0.05, 0) is 31.4 Å². The minimum absolute atomic E-state index is 0.180. The van der Waals surface area contributed by atoms with Gasteiger partial charge in [0.15, 0.2) is 0 Å². The third-order valence-electron chi connectivity index (χ3n) is 2.65. The highest BCUT2D eigenvalue weighted by atomic mass is 19.4. The van der Waals surface area contributed by atoms with Crippen LogP contribution in [0.25, 0.3) is 0 Å². The summed E-state index contributed by atoms with van der Waals surface area (Å²) in [5, 5.41) is 8.96. The molecule has 0 heterocycles. The fraction of sp³-hybridized carbons (Fsp3) is 0.462. The van der Waals surface area contributed by atoms with Crippen molar-refractivity contribution in [2.24, 2.45) is 5.41 Å². The molecule has 0 aromatic heterocycles. The maximum atomic E-state index is 12.1. The van der Waals surface area contributed by atoms with E-state index in [2.05, 4.69) is 0 Å². The van der Waals surface area contributed by atoms with Gasteiger partial charge in [-0.25, -0.2) is 0 Å². The van der Waals surface area contributed by atoms with Gasteiger partial charge in [0.2, 0.25) is 0 Å². The summed E-state index contributed by atoms with van der Waals surface area (Å²) in [7, 11) is 0. The fourth-order valence-electron chi connectivity index (χ4n) is 1.59. The molecule has 0 saturated heterocycles. The van der Waals surface area contributed by atoms with Crippen molar-refractivity contribution in [3.05, 3.63) is 35.4 Å². The molecule has 1 rings (SSSR count). The zero-order valence-corrected chi connectivity index (χ0v) is 10.2.